The van der Waals surface area contributed by atoms with Crippen molar-refractivity contribution < 1.29 is 26.3 Å². The van der Waals surface area contributed by atoms with Crippen LogP contribution in [0, 0.1) is 6.92 Å². The molecule has 0 aliphatic heterocycles. The fourth-order valence-electron chi connectivity index (χ4n) is 0.490. The van der Waals surface area contributed by atoms with Crippen LogP contribution in [0.1, 0.15) is 13.3 Å². The molecule has 0 fully saturated rings. The molecule has 0 aliphatic carbocycles. The summed E-state index contributed by atoms with van der Waals surface area (Å²) in [7, 11) is 0. The average Bonchev–Trinajstić information content (AvgIpc) is 1.85. The molecule has 0 aromatic heterocycles. The molecule has 6 heteroatoms. The second-order valence-corrected chi connectivity index (χ2v) is 2.34. The van der Waals surface area contributed by atoms with Crippen LogP contribution >= 0.6 is 0 Å². The molecule has 0 atom stereocenters. The van der Waals surface area contributed by atoms with Crippen LogP contribution in [0.3, 0.4) is 0 Å². The molecule has 0 saturated heterocycles. The van der Waals surface area contributed by atoms with Gasteiger partial charge < -0.3 is 0 Å². The van der Waals surface area contributed by atoms with Gasteiger partial charge in [0.05, 0.1) is 0 Å². The molecule has 0 N–H and O–H groups in total. The molecule has 0 nitrogen and oxygen atoms in total. The van der Waals surface area contributed by atoms with Gasteiger partial charge in [0.25, 0.3) is 0 Å². The Morgan fingerprint density at radius 1 is 1.00 bits per heavy atom. The van der Waals surface area contributed by atoms with Crippen LogP contribution in [0.15, 0.2) is 0 Å². The maximum atomic E-state index is 12.2. The summed E-state index contributed by atoms with van der Waals surface area (Å²) < 4.78 is 72.3. The molecule has 0 unspecified atom stereocenters. The lowest BCUT2D eigenvalue weighted by Gasteiger charge is -2.29. The highest BCUT2D eigenvalue weighted by Crippen LogP contribution is 2.46. The molecule has 0 rings (SSSR count). The number of hydrogen-bond acceptors (Lipinski definition) is 0. The number of alkyl halides is 6. The molecule has 12 heavy (non-hydrogen) atoms. The van der Waals surface area contributed by atoms with Crippen molar-refractivity contribution in [3.05, 3.63) is 6.92 Å². The molecule has 0 aliphatic rings. The van der Waals surface area contributed by atoms with E-state index in [1.54, 1.807) is 6.92 Å². The maximum Gasteiger partial charge on any atom is 0.371 e. The molecular formula is C6H7F6. The third-order valence-electron chi connectivity index (χ3n) is 1.36. The summed E-state index contributed by atoms with van der Waals surface area (Å²) in [6.07, 6.45) is -1.36. The third kappa shape index (κ3) is 1.67. The Balaban J connectivity index is 4.85. The van der Waals surface area contributed by atoms with Crippen LogP contribution in [0.4, 0.5) is 26.3 Å². The minimum absolute atomic E-state index is 0.694. The summed E-state index contributed by atoms with van der Waals surface area (Å²) in [6.45, 7) is 2.39. The summed E-state index contributed by atoms with van der Waals surface area (Å²) in [5.41, 5.74) is 0. The number of rotatable bonds is 3. The Morgan fingerprint density at radius 2 is 1.33 bits per heavy atom. The Morgan fingerprint density at radius 3 is 1.42 bits per heavy atom. The van der Waals surface area contributed by atoms with E-state index in [1.165, 1.54) is 0 Å². The summed E-state index contributed by atoms with van der Waals surface area (Å²) in [4.78, 5) is 0. The first-order valence-electron chi connectivity index (χ1n) is 3.05. The van der Waals surface area contributed by atoms with Gasteiger partial charge in [0.2, 0.25) is 0 Å². The van der Waals surface area contributed by atoms with E-state index in [9.17, 15) is 26.3 Å². The standard InChI is InChI=1S/C6H7F6/c1-3-5(9,10)6(11,12)4(2,7)8/h2-3H2,1H3. The fourth-order valence-corrected chi connectivity index (χ4v) is 0.490. The predicted octanol–water partition coefficient (Wildman–Crippen LogP) is 3.14. The molecule has 0 amide bonds. The zero-order valence-corrected chi connectivity index (χ0v) is 6.18. The van der Waals surface area contributed by atoms with Crippen molar-refractivity contribution in [3.8, 4) is 0 Å². The number of hydrogen-bond donors (Lipinski definition) is 0. The monoisotopic (exact) mass is 193 g/mol. The van der Waals surface area contributed by atoms with E-state index in [2.05, 4.69) is 0 Å². The Labute approximate surface area is 65.6 Å². The third-order valence-corrected chi connectivity index (χ3v) is 1.36. The molecule has 0 spiro atoms. The average molecular weight is 193 g/mol. The largest absolute Gasteiger partial charge is 0.371 e. The molecule has 0 aromatic carbocycles. The Kier molecular flexibility index (Phi) is 2.71. The van der Waals surface area contributed by atoms with Gasteiger partial charge in [-0.15, -0.1) is 0 Å². The second kappa shape index (κ2) is 2.81. The van der Waals surface area contributed by atoms with Crippen molar-refractivity contribution >= 4 is 0 Å². The zero-order chi connectivity index (χ0) is 10.2. The van der Waals surface area contributed by atoms with E-state index in [1.807, 2.05) is 0 Å². The van der Waals surface area contributed by atoms with Gasteiger partial charge in [0.15, 0.2) is 0 Å². The molecular weight excluding hydrogens is 186 g/mol. The van der Waals surface area contributed by atoms with Gasteiger partial charge >= 0.3 is 17.8 Å². The quantitative estimate of drug-likeness (QED) is 0.604. The van der Waals surface area contributed by atoms with Gasteiger partial charge in [0.1, 0.15) is 0 Å². The smallest absolute Gasteiger partial charge is 0.200 e. The van der Waals surface area contributed by atoms with Crippen molar-refractivity contribution in [2.75, 3.05) is 0 Å². The van der Waals surface area contributed by atoms with Gasteiger partial charge in [-0.1, -0.05) is 6.92 Å². The highest BCUT2D eigenvalue weighted by Gasteiger charge is 2.68. The molecule has 0 saturated carbocycles. The van der Waals surface area contributed by atoms with Crippen LogP contribution in [0.2, 0.25) is 0 Å². The fraction of sp³-hybridized carbons (Fsp3) is 0.833. The van der Waals surface area contributed by atoms with E-state index >= 15 is 0 Å². The van der Waals surface area contributed by atoms with E-state index in [0.717, 1.165) is 0 Å². The van der Waals surface area contributed by atoms with Crippen LogP contribution in [0.25, 0.3) is 0 Å². The summed E-state index contributed by atoms with van der Waals surface area (Å²) in [6, 6.07) is 0. The second-order valence-electron chi connectivity index (χ2n) is 2.34. The van der Waals surface area contributed by atoms with E-state index < -0.39 is 24.2 Å². The summed E-state index contributed by atoms with van der Waals surface area (Å²) in [5.74, 6) is -15.1. The van der Waals surface area contributed by atoms with Crippen molar-refractivity contribution in [1.29, 1.82) is 0 Å². The first-order chi connectivity index (χ1) is 5.06. The van der Waals surface area contributed by atoms with Gasteiger partial charge in [-0.3, -0.25) is 0 Å². The van der Waals surface area contributed by atoms with E-state index in [-0.39, 0.29) is 0 Å². The van der Waals surface area contributed by atoms with Gasteiger partial charge in [0, 0.05) is 13.3 Å². The van der Waals surface area contributed by atoms with Crippen LogP contribution < -0.4 is 0 Å². The Bertz CT molecular complexity index is 156. The van der Waals surface area contributed by atoms with Gasteiger partial charge in [-0.25, -0.2) is 0 Å². The first kappa shape index (κ1) is 11.6. The van der Waals surface area contributed by atoms with Crippen molar-refractivity contribution in [1.82, 2.24) is 0 Å². The minimum Gasteiger partial charge on any atom is -0.200 e. The molecule has 0 heterocycles. The minimum atomic E-state index is -5.39. The topological polar surface area (TPSA) is 0 Å². The summed E-state index contributed by atoms with van der Waals surface area (Å²) in [5, 5.41) is 0. The zero-order valence-electron chi connectivity index (χ0n) is 6.18. The predicted molar refractivity (Wildman–Crippen MR) is 30.5 cm³/mol. The van der Waals surface area contributed by atoms with Crippen LogP contribution in [-0.2, 0) is 0 Å². The van der Waals surface area contributed by atoms with Crippen molar-refractivity contribution in [2.45, 2.75) is 31.1 Å². The highest BCUT2D eigenvalue weighted by molar-refractivity contribution is 4.96. The van der Waals surface area contributed by atoms with Crippen LogP contribution in [0.5, 0.6) is 0 Å². The van der Waals surface area contributed by atoms with E-state index in [4.69, 9.17) is 0 Å². The first-order valence-corrected chi connectivity index (χ1v) is 3.05. The number of halogens is 6. The molecule has 1 radical (unpaired) electrons. The molecule has 0 bridgehead atoms. The van der Waals surface area contributed by atoms with Gasteiger partial charge in [-0.05, 0) is 0 Å². The van der Waals surface area contributed by atoms with Crippen LogP contribution in [-0.4, -0.2) is 17.8 Å². The SMILES string of the molecule is [CH2]C(F)(F)C(F)(F)C(F)(F)CC. The normalized spacial score (nSPS) is 15.0. The summed E-state index contributed by atoms with van der Waals surface area (Å²) >= 11 is 0. The molecule has 73 valence electrons. The van der Waals surface area contributed by atoms with Crippen molar-refractivity contribution in [3.63, 3.8) is 0 Å². The Hall–Kier alpha value is -0.420. The van der Waals surface area contributed by atoms with Gasteiger partial charge in [-0.2, -0.15) is 26.3 Å². The lowest BCUT2D eigenvalue weighted by Crippen LogP contribution is -2.52. The highest BCUT2D eigenvalue weighted by atomic mass is 19.3. The van der Waals surface area contributed by atoms with E-state index in [0.29, 0.717) is 6.92 Å². The lowest BCUT2D eigenvalue weighted by atomic mass is 10.0. The van der Waals surface area contributed by atoms with Crippen molar-refractivity contribution in [2.24, 2.45) is 0 Å². The molecule has 0 aromatic rings. The lowest BCUT2D eigenvalue weighted by molar-refractivity contribution is -0.293. The maximum absolute atomic E-state index is 12.2.